The van der Waals surface area contributed by atoms with E-state index in [1.807, 2.05) is 0 Å². The Labute approximate surface area is 94.4 Å². The molecule has 0 aromatic rings. The van der Waals surface area contributed by atoms with Gasteiger partial charge in [-0.05, 0) is 44.2 Å². The third-order valence-electron chi connectivity index (χ3n) is 3.94. The van der Waals surface area contributed by atoms with E-state index in [0.29, 0.717) is 0 Å². The molecule has 14 heavy (non-hydrogen) atoms. The Balaban J connectivity index is 0.000000980. The van der Waals surface area contributed by atoms with Crippen molar-refractivity contribution in [3.8, 4) is 0 Å². The van der Waals surface area contributed by atoms with Crippen LogP contribution in [-0.2, 0) is 0 Å². The average Bonchev–Trinajstić information content (AvgIpc) is 2.47. The Morgan fingerprint density at radius 2 is 1.29 bits per heavy atom. The molecule has 84 valence electrons. The summed E-state index contributed by atoms with van der Waals surface area (Å²) in [4.78, 5) is 0. The van der Waals surface area contributed by atoms with Gasteiger partial charge in [0.1, 0.15) is 0 Å². The first-order valence-electron chi connectivity index (χ1n) is 6.17. The van der Waals surface area contributed by atoms with E-state index in [2.05, 4.69) is 5.32 Å². The van der Waals surface area contributed by atoms with E-state index >= 15 is 0 Å². The molecule has 2 fully saturated rings. The molecule has 0 radical (unpaired) electrons. The van der Waals surface area contributed by atoms with Gasteiger partial charge in [-0.25, -0.2) is 0 Å². The molecule has 0 amide bonds. The van der Waals surface area contributed by atoms with Gasteiger partial charge in [0.15, 0.2) is 0 Å². The van der Waals surface area contributed by atoms with E-state index in [0.717, 1.165) is 11.8 Å². The molecular weight excluding hydrogens is 194 g/mol. The van der Waals surface area contributed by atoms with Crippen LogP contribution in [0.4, 0.5) is 0 Å². The van der Waals surface area contributed by atoms with Crippen molar-refractivity contribution >= 4 is 12.4 Å². The van der Waals surface area contributed by atoms with E-state index in [1.165, 1.54) is 64.5 Å². The van der Waals surface area contributed by atoms with Crippen LogP contribution in [0, 0.1) is 11.8 Å². The molecule has 1 aliphatic carbocycles. The highest BCUT2D eigenvalue weighted by Crippen LogP contribution is 2.34. The van der Waals surface area contributed by atoms with Crippen LogP contribution in [0.2, 0.25) is 0 Å². The molecule has 1 saturated carbocycles. The molecular formula is C12H24ClN. The van der Waals surface area contributed by atoms with Crippen molar-refractivity contribution in [3.63, 3.8) is 0 Å². The summed E-state index contributed by atoms with van der Waals surface area (Å²) in [5.74, 6) is 2.16. The Bertz CT molecular complexity index is 135. The zero-order valence-electron chi connectivity index (χ0n) is 9.13. The Kier molecular flexibility index (Phi) is 5.88. The van der Waals surface area contributed by atoms with Crippen molar-refractivity contribution in [2.75, 3.05) is 13.1 Å². The van der Waals surface area contributed by atoms with Crippen LogP contribution in [0.1, 0.15) is 51.4 Å². The Morgan fingerprint density at radius 3 is 2.07 bits per heavy atom. The summed E-state index contributed by atoms with van der Waals surface area (Å²) in [5, 5.41) is 3.52. The van der Waals surface area contributed by atoms with Crippen LogP contribution in [0.15, 0.2) is 0 Å². The van der Waals surface area contributed by atoms with Crippen LogP contribution < -0.4 is 5.32 Å². The zero-order chi connectivity index (χ0) is 8.93. The lowest BCUT2D eigenvalue weighted by Gasteiger charge is -2.29. The fraction of sp³-hybridized carbons (Fsp3) is 1.00. The molecule has 0 aromatic heterocycles. The predicted molar refractivity (Wildman–Crippen MR) is 64.0 cm³/mol. The molecule has 2 heteroatoms. The van der Waals surface area contributed by atoms with E-state index < -0.39 is 0 Å². The predicted octanol–water partition coefficient (Wildman–Crippen LogP) is 3.38. The maximum Gasteiger partial charge on any atom is -0.00462 e. The van der Waals surface area contributed by atoms with Crippen molar-refractivity contribution in [2.45, 2.75) is 51.4 Å². The van der Waals surface area contributed by atoms with E-state index in [-0.39, 0.29) is 12.4 Å². The fourth-order valence-corrected chi connectivity index (χ4v) is 3.12. The number of nitrogens with one attached hydrogen (secondary N) is 1. The average molecular weight is 218 g/mol. The van der Waals surface area contributed by atoms with Crippen molar-refractivity contribution in [1.82, 2.24) is 5.32 Å². The first kappa shape index (κ1) is 12.3. The molecule has 1 aliphatic heterocycles. The lowest BCUT2D eigenvalue weighted by molar-refractivity contribution is 0.230. The number of halogens is 1. The quantitative estimate of drug-likeness (QED) is 0.710. The minimum atomic E-state index is 0. The lowest BCUT2D eigenvalue weighted by Crippen LogP contribution is -2.19. The van der Waals surface area contributed by atoms with Crippen LogP contribution in [0.5, 0.6) is 0 Å². The summed E-state index contributed by atoms with van der Waals surface area (Å²) < 4.78 is 0. The monoisotopic (exact) mass is 217 g/mol. The molecule has 0 spiro atoms. The Morgan fingerprint density at radius 1 is 0.643 bits per heavy atom. The fourth-order valence-electron chi connectivity index (χ4n) is 3.12. The summed E-state index contributed by atoms with van der Waals surface area (Å²) in [5.41, 5.74) is 0. The highest BCUT2D eigenvalue weighted by molar-refractivity contribution is 5.85. The van der Waals surface area contributed by atoms with Gasteiger partial charge >= 0.3 is 0 Å². The third-order valence-corrected chi connectivity index (χ3v) is 3.94. The largest absolute Gasteiger partial charge is 0.317 e. The molecule has 2 aliphatic rings. The van der Waals surface area contributed by atoms with E-state index in [1.54, 1.807) is 0 Å². The highest BCUT2D eigenvalue weighted by atomic mass is 35.5. The lowest BCUT2D eigenvalue weighted by atomic mass is 9.77. The van der Waals surface area contributed by atoms with Crippen LogP contribution in [0.3, 0.4) is 0 Å². The van der Waals surface area contributed by atoms with Gasteiger partial charge in [-0.2, -0.15) is 0 Å². The second-order valence-electron chi connectivity index (χ2n) is 4.84. The SMILES string of the molecule is C1CCC(C2CCCNCC2)CC1.Cl. The number of hydrogen-bond acceptors (Lipinski definition) is 1. The molecule has 0 aromatic carbocycles. The van der Waals surface area contributed by atoms with Crippen molar-refractivity contribution in [1.29, 1.82) is 0 Å². The van der Waals surface area contributed by atoms with Gasteiger partial charge in [0, 0.05) is 0 Å². The number of hydrogen-bond donors (Lipinski definition) is 1. The zero-order valence-corrected chi connectivity index (χ0v) is 9.95. The van der Waals surface area contributed by atoms with Crippen molar-refractivity contribution in [3.05, 3.63) is 0 Å². The van der Waals surface area contributed by atoms with Gasteiger partial charge in [-0.3, -0.25) is 0 Å². The first-order valence-corrected chi connectivity index (χ1v) is 6.17. The van der Waals surface area contributed by atoms with E-state index in [4.69, 9.17) is 0 Å². The summed E-state index contributed by atoms with van der Waals surface area (Å²) in [6, 6.07) is 0. The van der Waals surface area contributed by atoms with Crippen molar-refractivity contribution in [2.24, 2.45) is 11.8 Å². The summed E-state index contributed by atoms with van der Waals surface area (Å²) in [7, 11) is 0. The van der Waals surface area contributed by atoms with E-state index in [9.17, 15) is 0 Å². The normalized spacial score (nSPS) is 30.4. The van der Waals surface area contributed by atoms with Gasteiger partial charge in [0.05, 0.1) is 0 Å². The minimum Gasteiger partial charge on any atom is -0.317 e. The smallest absolute Gasteiger partial charge is 0.00462 e. The summed E-state index contributed by atoms with van der Waals surface area (Å²) >= 11 is 0. The van der Waals surface area contributed by atoms with Crippen molar-refractivity contribution < 1.29 is 0 Å². The first-order chi connectivity index (χ1) is 6.47. The van der Waals surface area contributed by atoms with Gasteiger partial charge < -0.3 is 5.32 Å². The van der Waals surface area contributed by atoms with Crippen LogP contribution in [0.25, 0.3) is 0 Å². The molecule has 1 atom stereocenters. The molecule has 0 bridgehead atoms. The second kappa shape index (κ2) is 6.68. The van der Waals surface area contributed by atoms with Crippen LogP contribution >= 0.6 is 12.4 Å². The van der Waals surface area contributed by atoms with Gasteiger partial charge in [0.2, 0.25) is 0 Å². The molecule has 1 unspecified atom stereocenters. The molecule has 1 heterocycles. The van der Waals surface area contributed by atoms with Crippen LogP contribution in [-0.4, -0.2) is 13.1 Å². The Hall–Kier alpha value is 0.250. The molecule has 1 nitrogen and oxygen atoms in total. The third kappa shape index (κ3) is 3.43. The maximum absolute atomic E-state index is 3.52. The molecule has 1 N–H and O–H groups in total. The summed E-state index contributed by atoms with van der Waals surface area (Å²) in [6.07, 6.45) is 11.9. The highest BCUT2D eigenvalue weighted by Gasteiger charge is 2.23. The number of rotatable bonds is 1. The minimum absolute atomic E-state index is 0. The van der Waals surface area contributed by atoms with Gasteiger partial charge in [-0.1, -0.05) is 32.1 Å². The standard InChI is InChI=1S/C12H23N.ClH/c1-2-5-11(6-3-1)12-7-4-9-13-10-8-12;/h11-13H,1-10H2;1H. The van der Waals surface area contributed by atoms with Gasteiger partial charge in [-0.15, -0.1) is 12.4 Å². The van der Waals surface area contributed by atoms with Gasteiger partial charge in [0.25, 0.3) is 0 Å². The second-order valence-corrected chi connectivity index (χ2v) is 4.84. The molecule has 1 saturated heterocycles. The molecule has 2 rings (SSSR count). The topological polar surface area (TPSA) is 12.0 Å². The summed E-state index contributed by atoms with van der Waals surface area (Å²) in [6.45, 7) is 2.55. The maximum atomic E-state index is 3.52.